The second kappa shape index (κ2) is 7.15. The van der Waals surface area contributed by atoms with Crippen LogP contribution in [0.5, 0.6) is 0 Å². The van der Waals surface area contributed by atoms with Crippen LogP contribution >= 0.6 is 0 Å². The molecule has 1 unspecified atom stereocenters. The third kappa shape index (κ3) is 3.64. The first-order chi connectivity index (χ1) is 9.74. The highest BCUT2D eigenvalue weighted by Crippen LogP contribution is 2.21. The van der Waals surface area contributed by atoms with Crippen LogP contribution in [0, 0.1) is 5.82 Å². The Labute approximate surface area is 120 Å². The van der Waals surface area contributed by atoms with Gasteiger partial charge in [-0.25, -0.2) is 4.39 Å². The van der Waals surface area contributed by atoms with E-state index in [1.54, 1.807) is 12.3 Å². The number of rotatable bonds is 6. The fourth-order valence-electron chi connectivity index (χ4n) is 2.35. The molecular formula is C17H21FN2. The highest BCUT2D eigenvalue weighted by atomic mass is 19.1. The number of nitrogens with zero attached hydrogens (tertiary/aromatic N) is 1. The van der Waals surface area contributed by atoms with Gasteiger partial charge in [0.2, 0.25) is 0 Å². The van der Waals surface area contributed by atoms with Crippen LogP contribution in [0.1, 0.15) is 36.6 Å². The molecule has 1 aromatic carbocycles. The predicted octanol–water partition coefficient (Wildman–Crippen LogP) is 3.68. The zero-order valence-electron chi connectivity index (χ0n) is 12.1. The smallest absolute Gasteiger partial charge is 0.146 e. The van der Waals surface area contributed by atoms with Crippen molar-refractivity contribution in [2.45, 2.75) is 32.7 Å². The van der Waals surface area contributed by atoms with Gasteiger partial charge in [-0.2, -0.15) is 0 Å². The molecule has 2 nitrogen and oxygen atoms in total. The second-order valence-electron chi connectivity index (χ2n) is 4.88. The average Bonchev–Trinajstić information content (AvgIpc) is 2.48. The van der Waals surface area contributed by atoms with Gasteiger partial charge in [0.15, 0.2) is 0 Å². The lowest BCUT2D eigenvalue weighted by Crippen LogP contribution is -2.24. The Bertz CT molecular complexity index is 537. The quantitative estimate of drug-likeness (QED) is 0.867. The predicted molar refractivity (Wildman–Crippen MR) is 80.1 cm³/mol. The minimum absolute atomic E-state index is 0.0181. The fourth-order valence-corrected chi connectivity index (χ4v) is 2.35. The molecule has 3 heteroatoms. The molecule has 106 valence electrons. The summed E-state index contributed by atoms with van der Waals surface area (Å²) in [6.07, 6.45) is 4.73. The molecule has 0 fully saturated rings. The summed E-state index contributed by atoms with van der Waals surface area (Å²) in [5.74, 6) is -0.247. The molecule has 0 spiro atoms. The lowest BCUT2D eigenvalue weighted by molar-refractivity contribution is 0.507. The maximum absolute atomic E-state index is 13.9. The van der Waals surface area contributed by atoms with Gasteiger partial charge < -0.3 is 5.32 Å². The minimum atomic E-state index is -0.247. The van der Waals surface area contributed by atoms with E-state index in [9.17, 15) is 4.39 Å². The third-order valence-corrected chi connectivity index (χ3v) is 3.50. The topological polar surface area (TPSA) is 24.9 Å². The summed E-state index contributed by atoms with van der Waals surface area (Å²) in [4.78, 5) is 3.81. The molecular weight excluding hydrogens is 251 g/mol. The second-order valence-corrected chi connectivity index (χ2v) is 4.88. The van der Waals surface area contributed by atoms with Gasteiger partial charge in [0.25, 0.3) is 0 Å². The van der Waals surface area contributed by atoms with E-state index in [0.29, 0.717) is 5.56 Å². The van der Waals surface area contributed by atoms with Crippen LogP contribution in [0.15, 0.2) is 42.7 Å². The van der Waals surface area contributed by atoms with Gasteiger partial charge in [-0.05, 0) is 36.6 Å². The van der Waals surface area contributed by atoms with Crippen LogP contribution < -0.4 is 5.32 Å². The van der Waals surface area contributed by atoms with Crippen molar-refractivity contribution in [2.75, 3.05) is 6.54 Å². The first-order valence-corrected chi connectivity index (χ1v) is 7.15. The standard InChI is InChI=1S/C17H21FN2/c1-3-13-5-7-14(8-6-13)11-17(20-4-2)15-9-10-19-12-16(15)18/h5-10,12,17,20H,3-4,11H2,1-2H3. The fraction of sp³-hybridized carbons (Fsp3) is 0.353. The Morgan fingerprint density at radius 1 is 1.10 bits per heavy atom. The SMILES string of the molecule is CCNC(Cc1ccc(CC)cc1)c1ccncc1F. The summed E-state index contributed by atoms with van der Waals surface area (Å²) in [7, 11) is 0. The Hall–Kier alpha value is -1.74. The molecule has 0 amide bonds. The average molecular weight is 272 g/mol. The first kappa shape index (κ1) is 14.7. The van der Waals surface area contributed by atoms with Crippen molar-refractivity contribution >= 4 is 0 Å². The molecule has 1 aromatic heterocycles. The lowest BCUT2D eigenvalue weighted by atomic mass is 9.98. The molecule has 0 aliphatic carbocycles. The normalized spacial score (nSPS) is 12.3. The van der Waals surface area contributed by atoms with E-state index in [-0.39, 0.29) is 11.9 Å². The van der Waals surface area contributed by atoms with Crippen LogP contribution in [0.25, 0.3) is 0 Å². The third-order valence-electron chi connectivity index (χ3n) is 3.50. The zero-order valence-corrected chi connectivity index (χ0v) is 12.1. The van der Waals surface area contributed by atoms with Crippen LogP contribution in [-0.4, -0.2) is 11.5 Å². The monoisotopic (exact) mass is 272 g/mol. The molecule has 1 atom stereocenters. The van der Waals surface area contributed by atoms with Crippen molar-refractivity contribution in [3.63, 3.8) is 0 Å². The van der Waals surface area contributed by atoms with Crippen molar-refractivity contribution in [1.29, 1.82) is 0 Å². The number of pyridine rings is 1. The van der Waals surface area contributed by atoms with Crippen LogP contribution in [0.2, 0.25) is 0 Å². The van der Waals surface area contributed by atoms with Crippen LogP contribution in [0.3, 0.4) is 0 Å². The Morgan fingerprint density at radius 2 is 1.80 bits per heavy atom. The number of benzene rings is 1. The van der Waals surface area contributed by atoms with E-state index in [2.05, 4.69) is 41.5 Å². The van der Waals surface area contributed by atoms with Crippen LogP contribution in [0.4, 0.5) is 4.39 Å². The van der Waals surface area contributed by atoms with E-state index in [1.807, 2.05) is 6.92 Å². The molecule has 0 aliphatic rings. The minimum Gasteiger partial charge on any atom is -0.310 e. The van der Waals surface area contributed by atoms with Gasteiger partial charge >= 0.3 is 0 Å². The Morgan fingerprint density at radius 3 is 2.40 bits per heavy atom. The summed E-state index contributed by atoms with van der Waals surface area (Å²) in [5, 5.41) is 3.35. The summed E-state index contributed by atoms with van der Waals surface area (Å²) in [6, 6.07) is 10.3. The van der Waals surface area contributed by atoms with E-state index in [4.69, 9.17) is 0 Å². The number of likely N-dealkylation sites (N-methyl/N-ethyl adjacent to an activating group) is 1. The molecule has 0 saturated heterocycles. The van der Waals surface area contributed by atoms with E-state index >= 15 is 0 Å². The van der Waals surface area contributed by atoms with E-state index in [1.165, 1.54) is 17.3 Å². The Kier molecular flexibility index (Phi) is 5.24. The van der Waals surface area contributed by atoms with Gasteiger partial charge in [0, 0.05) is 17.8 Å². The summed E-state index contributed by atoms with van der Waals surface area (Å²) >= 11 is 0. The molecule has 0 bridgehead atoms. The van der Waals surface area contributed by atoms with Gasteiger partial charge in [-0.15, -0.1) is 0 Å². The number of hydrogen-bond acceptors (Lipinski definition) is 2. The Balaban J connectivity index is 2.18. The van der Waals surface area contributed by atoms with Crippen molar-refractivity contribution in [3.8, 4) is 0 Å². The highest BCUT2D eigenvalue weighted by Gasteiger charge is 2.15. The molecule has 0 aliphatic heterocycles. The largest absolute Gasteiger partial charge is 0.310 e. The number of aryl methyl sites for hydroxylation is 1. The van der Waals surface area contributed by atoms with E-state index < -0.39 is 0 Å². The zero-order chi connectivity index (χ0) is 14.4. The number of nitrogens with one attached hydrogen (secondary N) is 1. The molecule has 0 radical (unpaired) electrons. The van der Waals surface area contributed by atoms with Gasteiger partial charge in [-0.3, -0.25) is 4.98 Å². The maximum Gasteiger partial charge on any atom is 0.146 e. The van der Waals surface area contributed by atoms with Crippen molar-refractivity contribution in [2.24, 2.45) is 0 Å². The van der Waals surface area contributed by atoms with Crippen molar-refractivity contribution in [3.05, 3.63) is 65.2 Å². The summed E-state index contributed by atoms with van der Waals surface area (Å²) in [5.41, 5.74) is 3.22. The van der Waals surface area contributed by atoms with E-state index in [0.717, 1.165) is 19.4 Å². The molecule has 2 aromatic rings. The van der Waals surface area contributed by atoms with Gasteiger partial charge in [-0.1, -0.05) is 38.1 Å². The highest BCUT2D eigenvalue weighted by molar-refractivity contribution is 5.26. The summed E-state index contributed by atoms with van der Waals surface area (Å²) < 4.78 is 13.9. The van der Waals surface area contributed by atoms with Crippen LogP contribution in [-0.2, 0) is 12.8 Å². The molecule has 2 rings (SSSR count). The molecule has 0 saturated carbocycles. The van der Waals surface area contributed by atoms with Gasteiger partial charge in [0.1, 0.15) is 5.82 Å². The lowest BCUT2D eigenvalue weighted by Gasteiger charge is -2.19. The number of aromatic nitrogens is 1. The molecule has 1 N–H and O–H groups in total. The first-order valence-electron chi connectivity index (χ1n) is 7.15. The van der Waals surface area contributed by atoms with Crippen molar-refractivity contribution in [1.82, 2.24) is 10.3 Å². The molecule has 1 heterocycles. The number of hydrogen-bond donors (Lipinski definition) is 1. The maximum atomic E-state index is 13.9. The van der Waals surface area contributed by atoms with Gasteiger partial charge in [0.05, 0.1) is 6.20 Å². The van der Waals surface area contributed by atoms with Crippen molar-refractivity contribution < 1.29 is 4.39 Å². The number of halogens is 1. The molecule has 20 heavy (non-hydrogen) atoms. The summed E-state index contributed by atoms with van der Waals surface area (Å²) in [6.45, 7) is 4.98.